The molecule has 2 aromatic carbocycles. The zero-order chi connectivity index (χ0) is 26.9. The molecule has 1 amide bonds. The van der Waals surface area contributed by atoms with Crippen LogP contribution in [0.15, 0.2) is 46.3 Å². The highest BCUT2D eigenvalue weighted by atomic mass is 32.2. The van der Waals surface area contributed by atoms with Crippen LogP contribution in [0.2, 0.25) is 0 Å². The number of thiazole rings is 1. The molecule has 1 unspecified atom stereocenters. The number of nitrogens with zero attached hydrogens (tertiary/aromatic N) is 3. The van der Waals surface area contributed by atoms with Crippen molar-refractivity contribution < 1.29 is 32.2 Å². The Morgan fingerprint density at radius 1 is 1.11 bits per heavy atom. The Morgan fingerprint density at radius 2 is 1.82 bits per heavy atom. The predicted molar refractivity (Wildman–Crippen MR) is 141 cm³/mol. The summed E-state index contributed by atoms with van der Waals surface area (Å²) in [5.41, 5.74) is 0.901. The fourth-order valence-corrected chi connectivity index (χ4v) is 7.40. The molecule has 0 radical (unpaired) electrons. The normalized spacial score (nSPS) is 18.5. The Balaban J connectivity index is 1.49. The molecule has 12 heteroatoms. The van der Waals surface area contributed by atoms with Crippen LogP contribution in [0.1, 0.15) is 43.5 Å². The Labute approximate surface area is 224 Å². The highest BCUT2D eigenvalue weighted by Gasteiger charge is 2.31. The SMILES string of the molecule is CCOC(=O)Cn1c(=NC(=O)c2ccc(S(=O)(=O)N3CCCCC3C)cc2)sc2cc3c(cc21)OCCO3. The Bertz CT molecular complexity index is 1540. The van der Waals surface area contributed by atoms with E-state index in [0.717, 1.165) is 24.0 Å². The van der Waals surface area contributed by atoms with E-state index in [2.05, 4.69) is 4.99 Å². The number of piperidine rings is 1. The summed E-state index contributed by atoms with van der Waals surface area (Å²) >= 11 is 1.24. The van der Waals surface area contributed by atoms with E-state index in [0.29, 0.717) is 41.6 Å². The second-order valence-corrected chi connectivity index (χ2v) is 12.0. The van der Waals surface area contributed by atoms with E-state index in [1.807, 2.05) is 6.92 Å². The first-order chi connectivity index (χ1) is 18.3. The van der Waals surface area contributed by atoms with Crippen LogP contribution in [-0.4, -0.2) is 61.6 Å². The Kier molecular flexibility index (Phi) is 7.55. The second-order valence-electron chi connectivity index (χ2n) is 9.14. The molecular formula is C26H29N3O7S2. The van der Waals surface area contributed by atoms with Gasteiger partial charge < -0.3 is 18.8 Å². The molecule has 1 saturated heterocycles. The van der Waals surface area contributed by atoms with Gasteiger partial charge in [-0.2, -0.15) is 9.30 Å². The Hall–Kier alpha value is -3.22. The number of sulfonamides is 1. The van der Waals surface area contributed by atoms with Crippen LogP contribution in [0.5, 0.6) is 11.5 Å². The summed E-state index contributed by atoms with van der Waals surface area (Å²) < 4.78 is 46.7. The third kappa shape index (κ3) is 5.20. The molecule has 38 heavy (non-hydrogen) atoms. The highest BCUT2D eigenvalue weighted by Crippen LogP contribution is 2.35. The zero-order valence-corrected chi connectivity index (χ0v) is 22.8. The van der Waals surface area contributed by atoms with Crippen molar-refractivity contribution in [2.75, 3.05) is 26.4 Å². The number of aromatic nitrogens is 1. The minimum atomic E-state index is -3.65. The van der Waals surface area contributed by atoms with Crippen LogP contribution >= 0.6 is 11.3 Å². The number of benzene rings is 2. The molecule has 0 saturated carbocycles. The molecule has 0 N–H and O–H groups in total. The van der Waals surface area contributed by atoms with Gasteiger partial charge in [-0.3, -0.25) is 9.59 Å². The van der Waals surface area contributed by atoms with Gasteiger partial charge in [0.05, 0.1) is 21.7 Å². The minimum Gasteiger partial charge on any atom is -0.486 e. The zero-order valence-electron chi connectivity index (χ0n) is 21.2. The summed E-state index contributed by atoms with van der Waals surface area (Å²) in [5.74, 6) is 0.127. The maximum absolute atomic E-state index is 13.1. The summed E-state index contributed by atoms with van der Waals surface area (Å²) in [7, 11) is -3.65. The molecule has 0 bridgehead atoms. The predicted octanol–water partition coefficient (Wildman–Crippen LogP) is 3.34. The molecule has 3 heterocycles. The van der Waals surface area contributed by atoms with E-state index >= 15 is 0 Å². The third-order valence-corrected chi connectivity index (χ3v) is 9.66. The number of ether oxygens (including phenoxy) is 3. The number of hydrogen-bond donors (Lipinski definition) is 0. The number of rotatable bonds is 6. The maximum Gasteiger partial charge on any atom is 0.326 e. The van der Waals surface area contributed by atoms with E-state index in [1.54, 1.807) is 23.6 Å². The van der Waals surface area contributed by atoms with Crippen LogP contribution in [-0.2, 0) is 26.1 Å². The summed E-state index contributed by atoms with van der Waals surface area (Å²) in [6.45, 7) is 5.07. The van der Waals surface area contributed by atoms with E-state index < -0.39 is 21.9 Å². The fourth-order valence-electron chi connectivity index (χ4n) is 4.67. The first kappa shape index (κ1) is 26.4. The number of esters is 1. The lowest BCUT2D eigenvalue weighted by Gasteiger charge is -2.32. The number of carbonyl (C=O) groups excluding carboxylic acids is 2. The molecule has 0 aliphatic carbocycles. The van der Waals surface area contributed by atoms with Crippen molar-refractivity contribution in [1.82, 2.24) is 8.87 Å². The third-order valence-electron chi connectivity index (χ3n) is 6.59. The number of carbonyl (C=O) groups is 2. The lowest BCUT2D eigenvalue weighted by molar-refractivity contribution is -0.143. The number of amides is 1. The van der Waals surface area contributed by atoms with Crippen molar-refractivity contribution in [2.24, 2.45) is 4.99 Å². The Morgan fingerprint density at radius 3 is 2.50 bits per heavy atom. The summed E-state index contributed by atoms with van der Waals surface area (Å²) in [5, 5.41) is 0. The van der Waals surface area contributed by atoms with Gasteiger partial charge in [0.1, 0.15) is 19.8 Å². The lowest BCUT2D eigenvalue weighted by atomic mass is 10.1. The van der Waals surface area contributed by atoms with Gasteiger partial charge in [0, 0.05) is 30.3 Å². The molecule has 202 valence electrons. The number of fused-ring (bicyclic) bond motifs is 2. The summed E-state index contributed by atoms with van der Waals surface area (Å²) in [6, 6.07) is 9.34. The molecule has 1 fully saturated rings. The van der Waals surface area contributed by atoms with Gasteiger partial charge in [-0.05, 0) is 51.0 Å². The van der Waals surface area contributed by atoms with E-state index in [9.17, 15) is 18.0 Å². The lowest BCUT2D eigenvalue weighted by Crippen LogP contribution is -2.41. The molecule has 1 aromatic heterocycles. The average molecular weight is 560 g/mol. The van der Waals surface area contributed by atoms with Gasteiger partial charge in [-0.15, -0.1) is 0 Å². The first-order valence-corrected chi connectivity index (χ1v) is 14.8. The van der Waals surface area contributed by atoms with Crippen LogP contribution < -0.4 is 14.3 Å². The minimum absolute atomic E-state index is 0.0608. The largest absolute Gasteiger partial charge is 0.486 e. The first-order valence-electron chi connectivity index (χ1n) is 12.6. The van der Waals surface area contributed by atoms with E-state index in [4.69, 9.17) is 14.2 Å². The van der Waals surface area contributed by atoms with Gasteiger partial charge in [-0.1, -0.05) is 17.8 Å². The van der Waals surface area contributed by atoms with Crippen LogP contribution in [0.25, 0.3) is 10.2 Å². The smallest absolute Gasteiger partial charge is 0.326 e. The van der Waals surface area contributed by atoms with Crippen LogP contribution in [0.3, 0.4) is 0 Å². The maximum atomic E-state index is 13.1. The van der Waals surface area contributed by atoms with Gasteiger partial charge >= 0.3 is 5.97 Å². The molecule has 5 rings (SSSR count). The summed E-state index contributed by atoms with van der Waals surface area (Å²) in [4.78, 5) is 30.2. The molecule has 1 atom stereocenters. The van der Waals surface area contributed by atoms with Crippen LogP contribution in [0, 0.1) is 0 Å². The molecular weight excluding hydrogens is 530 g/mol. The van der Waals surface area contributed by atoms with Crippen LogP contribution in [0.4, 0.5) is 0 Å². The topological polar surface area (TPSA) is 117 Å². The van der Waals surface area contributed by atoms with Crippen molar-refractivity contribution in [3.05, 3.63) is 46.8 Å². The van der Waals surface area contributed by atoms with Gasteiger partial charge in [0.15, 0.2) is 16.3 Å². The van der Waals surface area contributed by atoms with Crippen molar-refractivity contribution in [3.8, 4) is 11.5 Å². The van der Waals surface area contributed by atoms with Gasteiger partial charge in [-0.25, -0.2) is 8.42 Å². The monoisotopic (exact) mass is 559 g/mol. The quantitative estimate of drug-likeness (QED) is 0.425. The standard InChI is InChI=1S/C26H29N3O7S2/c1-3-34-24(30)16-28-20-14-21-22(36-13-12-35-21)15-23(20)37-26(28)27-25(31)18-7-9-19(10-8-18)38(32,33)29-11-5-4-6-17(29)2/h7-10,14-15,17H,3-6,11-13,16H2,1-2H3. The highest BCUT2D eigenvalue weighted by molar-refractivity contribution is 7.89. The fraction of sp³-hybridized carbons (Fsp3) is 0.423. The van der Waals surface area contributed by atoms with E-state index in [-0.39, 0.29) is 29.7 Å². The second kappa shape index (κ2) is 10.9. The van der Waals surface area contributed by atoms with E-state index in [1.165, 1.54) is 39.9 Å². The van der Waals surface area contributed by atoms with Crippen molar-refractivity contribution >= 4 is 43.5 Å². The molecule has 2 aliphatic rings. The molecule has 0 spiro atoms. The molecule has 3 aromatic rings. The molecule has 10 nitrogen and oxygen atoms in total. The van der Waals surface area contributed by atoms with Crippen molar-refractivity contribution in [2.45, 2.75) is 50.6 Å². The van der Waals surface area contributed by atoms with Gasteiger partial charge in [0.25, 0.3) is 5.91 Å². The average Bonchev–Trinajstić information content (AvgIpc) is 3.22. The van der Waals surface area contributed by atoms with Crippen molar-refractivity contribution in [3.63, 3.8) is 0 Å². The van der Waals surface area contributed by atoms with Crippen molar-refractivity contribution in [1.29, 1.82) is 0 Å². The van der Waals surface area contributed by atoms with Gasteiger partial charge in [0.2, 0.25) is 10.0 Å². The summed E-state index contributed by atoms with van der Waals surface area (Å²) in [6.07, 6.45) is 2.68. The number of hydrogen-bond acceptors (Lipinski definition) is 8. The molecule has 2 aliphatic heterocycles.